The van der Waals surface area contributed by atoms with Gasteiger partial charge >= 0.3 is 0 Å². The number of alkyl halides is 1. The Bertz CT molecular complexity index is 1850. The Morgan fingerprint density at radius 3 is 2.70 bits per heavy atom. The van der Waals surface area contributed by atoms with Gasteiger partial charge in [0.15, 0.2) is 5.82 Å². The smallest absolute Gasteiger partial charge is 0.234 e. The Hall–Kier alpha value is -4.07. The number of nitrogens with zero attached hydrogens (tertiary/aromatic N) is 4. The van der Waals surface area contributed by atoms with E-state index in [0.29, 0.717) is 42.5 Å². The van der Waals surface area contributed by atoms with Crippen molar-refractivity contribution < 1.29 is 23.0 Å². The number of aromatic nitrogens is 1. The van der Waals surface area contributed by atoms with Gasteiger partial charge in [0.05, 0.1) is 11.2 Å². The van der Waals surface area contributed by atoms with E-state index in [1.807, 2.05) is 0 Å². The van der Waals surface area contributed by atoms with Crippen molar-refractivity contribution in [1.82, 2.24) is 15.2 Å². The van der Waals surface area contributed by atoms with Crippen LogP contribution in [0.3, 0.4) is 0 Å². The number of fused-ring (bicyclic) bond motifs is 5. The third-order valence-electron chi connectivity index (χ3n) is 10.1. The molecule has 44 heavy (non-hydrogen) atoms. The van der Waals surface area contributed by atoms with Gasteiger partial charge in [0.1, 0.15) is 41.5 Å². The molecule has 2 N–H and O–H groups in total. The monoisotopic (exact) mass is 599 g/mol. The molecule has 7 nitrogen and oxygen atoms in total. The predicted octanol–water partition coefficient (Wildman–Crippen LogP) is 5.81. The Kier molecular flexibility index (Phi) is 6.40. The van der Waals surface area contributed by atoms with Crippen LogP contribution in [0.15, 0.2) is 42.5 Å². The maximum atomic E-state index is 16.8. The van der Waals surface area contributed by atoms with Crippen LogP contribution < -0.4 is 15.0 Å². The molecule has 226 valence electrons. The molecule has 4 aliphatic rings. The molecule has 10 heteroatoms. The number of ether oxygens (including phenoxy) is 1. The van der Waals surface area contributed by atoms with Crippen LogP contribution in [0.1, 0.15) is 37.7 Å². The molecule has 4 atom stereocenters. The van der Waals surface area contributed by atoms with Crippen molar-refractivity contribution in [3.63, 3.8) is 0 Å². The first-order chi connectivity index (χ1) is 21.3. The van der Waals surface area contributed by atoms with Crippen molar-refractivity contribution in [3.05, 3.63) is 59.7 Å². The molecular formula is C34H32F3N5O2. The zero-order valence-electron chi connectivity index (χ0n) is 24.1. The number of nitrogens with one attached hydrogen (secondary N) is 1. The molecule has 4 aromatic rings. The van der Waals surface area contributed by atoms with Crippen molar-refractivity contribution in [1.29, 1.82) is 5.26 Å². The summed E-state index contributed by atoms with van der Waals surface area (Å²) >= 11 is 0. The van der Waals surface area contributed by atoms with Gasteiger partial charge in [0.25, 0.3) is 0 Å². The van der Waals surface area contributed by atoms with Gasteiger partial charge in [-0.1, -0.05) is 18.2 Å². The van der Waals surface area contributed by atoms with Crippen LogP contribution in [0.2, 0.25) is 0 Å². The topological polar surface area (TPSA) is 84.6 Å². The maximum absolute atomic E-state index is 16.8. The van der Waals surface area contributed by atoms with Crippen molar-refractivity contribution in [3.8, 4) is 28.8 Å². The number of halogens is 3. The van der Waals surface area contributed by atoms with E-state index in [2.05, 4.69) is 26.2 Å². The van der Waals surface area contributed by atoms with E-state index >= 15 is 8.78 Å². The van der Waals surface area contributed by atoms with Crippen LogP contribution in [-0.2, 0) is 0 Å². The summed E-state index contributed by atoms with van der Waals surface area (Å²) in [6.45, 7) is 2.60. The van der Waals surface area contributed by atoms with Crippen molar-refractivity contribution >= 4 is 27.4 Å². The number of hydrogen-bond donors (Lipinski definition) is 2. The highest BCUT2D eigenvalue weighted by Crippen LogP contribution is 2.44. The zero-order chi connectivity index (χ0) is 30.2. The van der Waals surface area contributed by atoms with Crippen LogP contribution in [0.4, 0.5) is 18.9 Å². The van der Waals surface area contributed by atoms with Gasteiger partial charge in [-0.25, -0.2) is 18.2 Å². The summed E-state index contributed by atoms with van der Waals surface area (Å²) in [5.41, 5.74) is 0.605. The summed E-state index contributed by atoms with van der Waals surface area (Å²) in [6, 6.07) is 13.4. The van der Waals surface area contributed by atoms with Crippen LogP contribution in [0.5, 0.6) is 11.6 Å². The second-order valence-electron chi connectivity index (χ2n) is 12.8. The number of nitriles is 1. The molecule has 0 amide bonds. The van der Waals surface area contributed by atoms with Gasteiger partial charge in [0, 0.05) is 54.5 Å². The SMILES string of the molecule is N#Cc1c(OCC23CCCN2C[C@H](F)C3)nc2c(F)c(-c3cc(O)cc4cccc(F)c34)ccc2c1N1CC2CCC(C1)N2. The minimum absolute atomic E-state index is 0.000722. The fourth-order valence-electron chi connectivity index (χ4n) is 8.21. The Morgan fingerprint density at radius 1 is 1.09 bits per heavy atom. The van der Waals surface area contributed by atoms with Crippen molar-refractivity contribution in [2.45, 2.75) is 55.9 Å². The van der Waals surface area contributed by atoms with Crippen LogP contribution in [0.25, 0.3) is 32.8 Å². The molecular weight excluding hydrogens is 567 g/mol. The second kappa shape index (κ2) is 10.2. The highest BCUT2D eigenvalue weighted by molar-refractivity contribution is 6.03. The molecule has 8 rings (SSSR count). The van der Waals surface area contributed by atoms with E-state index in [0.717, 1.165) is 32.2 Å². The largest absolute Gasteiger partial charge is 0.508 e. The van der Waals surface area contributed by atoms with Crippen LogP contribution in [0, 0.1) is 23.0 Å². The summed E-state index contributed by atoms with van der Waals surface area (Å²) in [6.07, 6.45) is 3.17. The molecule has 3 unspecified atom stereocenters. The minimum atomic E-state index is -0.941. The summed E-state index contributed by atoms with van der Waals surface area (Å²) < 4.78 is 52.8. The van der Waals surface area contributed by atoms with Gasteiger partial charge < -0.3 is 20.1 Å². The lowest BCUT2D eigenvalue weighted by Crippen LogP contribution is -2.51. The third-order valence-corrected chi connectivity index (χ3v) is 10.1. The summed E-state index contributed by atoms with van der Waals surface area (Å²) in [7, 11) is 0. The highest BCUT2D eigenvalue weighted by Gasteiger charge is 2.49. The van der Waals surface area contributed by atoms with Crippen LogP contribution in [-0.4, -0.2) is 71.6 Å². The normalized spacial score (nSPS) is 26.4. The van der Waals surface area contributed by atoms with Gasteiger partial charge in [-0.2, -0.15) is 5.26 Å². The lowest BCUT2D eigenvalue weighted by atomic mass is 9.94. The lowest BCUT2D eigenvalue weighted by molar-refractivity contribution is 0.110. The van der Waals surface area contributed by atoms with Gasteiger partial charge in [0.2, 0.25) is 5.88 Å². The number of rotatable bonds is 5. The first kappa shape index (κ1) is 27.5. The van der Waals surface area contributed by atoms with E-state index < -0.39 is 23.3 Å². The lowest BCUT2D eigenvalue weighted by Gasteiger charge is -2.36. The number of pyridine rings is 1. The molecule has 0 spiro atoms. The number of phenolic OH excluding ortho intramolecular Hbond substituents is 1. The number of piperazine rings is 1. The zero-order valence-corrected chi connectivity index (χ0v) is 24.1. The van der Waals surface area contributed by atoms with Crippen molar-refractivity contribution in [2.24, 2.45) is 0 Å². The quantitative estimate of drug-likeness (QED) is 0.300. The molecule has 4 saturated heterocycles. The molecule has 0 aliphatic carbocycles. The number of hydrogen-bond acceptors (Lipinski definition) is 7. The van der Waals surface area contributed by atoms with Gasteiger partial charge in [-0.05, 0) is 67.4 Å². The average Bonchev–Trinajstić information content (AvgIpc) is 3.65. The minimum Gasteiger partial charge on any atom is -0.508 e. The second-order valence-corrected chi connectivity index (χ2v) is 12.8. The Labute approximate surface area is 252 Å². The Morgan fingerprint density at radius 2 is 1.91 bits per heavy atom. The Balaban J connectivity index is 1.31. The van der Waals surface area contributed by atoms with Crippen molar-refractivity contribution in [2.75, 3.05) is 37.7 Å². The van der Waals surface area contributed by atoms with E-state index in [9.17, 15) is 14.8 Å². The summed E-state index contributed by atoms with van der Waals surface area (Å²) in [5, 5.41) is 25.6. The van der Waals surface area contributed by atoms with E-state index in [1.54, 1.807) is 24.3 Å². The van der Waals surface area contributed by atoms with E-state index in [4.69, 9.17) is 4.74 Å². The van der Waals surface area contributed by atoms with Crippen LogP contribution >= 0.6 is 0 Å². The fourth-order valence-corrected chi connectivity index (χ4v) is 8.21. The standard InChI is InChI=1S/C34H32F3N5O2/c35-20-13-34(9-2-10-42(34)15-20)18-44-33-27(14-38)32(41-16-21-5-6-22(17-41)39-21)25-8-7-24(30(37)31(25)40-33)26-12-23(43)11-19-3-1-4-28(36)29(19)26/h1,3-4,7-8,11-12,20-22,39,43H,2,5-6,9-10,13,15-18H2/t20-,21?,22?,34?/m1/s1. The number of anilines is 1. The summed E-state index contributed by atoms with van der Waals surface area (Å²) in [4.78, 5) is 8.88. The first-order valence-corrected chi connectivity index (χ1v) is 15.3. The average molecular weight is 600 g/mol. The molecule has 3 aromatic carbocycles. The molecule has 4 aliphatic heterocycles. The predicted molar refractivity (Wildman–Crippen MR) is 162 cm³/mol. The molecule has 1 aromatic heterocycles. The highest BCUT2D eigenvalue weighted by atomic mass is 19.1. The fraction of sp³-hybridized carbons (Fsp3) is 0.412. The molecule has 0 saturated carbocycles. The van der Waals surface area contributed by atoms with E-state index in [1.165, 1.54) is 18.2 Å². The number of benzene rings is 3. The number of aromatic hydroxyl groups is 1. The maximum Gasteiger partial charge on any atom is 0.234 e. The van der Waals surface area contributed by atoms with Gasteiger partial charge in [-0.15, -0.1) is 0 Å². The first-order valence-electron chi connectivity index (χ1n) is 15.3. The molecule has 2 bridgehead atoms. The number of phenols is 1. The molecule has 5 heterocycles. The molecule has 4 fully saturated rings. The van der Waals surface area contributed by atoms with E-state index in [-0.39, 0.29) is 57.9 Å². The summed E-state index contributed by atoms with van der Waals surface area (Å²) in [5.74, 6) is -1.33. The molecule has 0 radical (unpaired) electrons. The van der Waals surface area contributed by atoms with Gasteiger partial charge in [-0.3, -0.25) is 4.90 Å². The third kappa shape index (κ3) is 4.28.